The number of para-hydroxylation sites is 1. The molecule has 1 aromatic heterocycles. The molecular formula is C24H17ClN2O3. The number of aromatic nitrogens is 2. The summed E-state index contributed by atoms with van der Waals surface area (Å²) in [5.41, 5.74) is 2.34. The maximum absolute atomic E-state index is 12.6. The smallest absolute Gasteiger partial charge is 0.368 e. The normalized spacial score (nSPS) is 10.6. The van der Waals surface area contributed by atoms with Gasteiger partial charge >= 0.3 is 5.97 Å². The highest BCUT2D eigenvalue weighted by molar-refractivity contribution is 6.32. The Labute approximate surface area is 178 Å². The van der Waals surface area contributed by atoms with Gasteiger partial charge in [0.1, 0.15) is 5.75 Å². The van der Waals surface area contributed by atoms with Crippen molar-refractivity contribution >= 4 is 17.6 Å². The van der Waals surface area contributed by atoms with Crippen molar-refractivity contribution in [2.45, 2.75) is 6.92 Å². The SMILES string of the molecule is Cc1cc(=O)c(C(=O)Oc2ccc(-c3ccccc3)cc2)nn1-c1ccccc1Cl. The summed E-state index contributed by atoms with van der Waals surface area (Å²) < 4.78 is 6.84. The zero-order valence-electron chi connectivity index (χ0n) is 16.1. The van der Waals surface area contributed by atoms with Crippen molar-refractivity contribution in [2.24, 2.45) is 0 Å². The fourth-order valence-electron chi connectivity index (χ4n) is 3.06. The minimum absolute atomic E-state index is 0.312. The topological polar surface area (TPSA) is 61.2 Å². The molecule has 0 spiro atoms. The standard InChI is InChI=1S/C24H17ClN2O3/c1-16-15-22(28)23(26-27(16)21-10-6-5-9-20(21)25)24(29)30-19-13-11-18(12-14-19)17-7-3-2-4-8-17/h2-15H,1H3. The summed E-state index contributed by atoms with van der Waals surface area (Å²) in [6, 6.07) is 25.3. The maximum atomic E-state index is 12.6. The number of hydrogen-bond acceptors (Lipinski definition) is 4. The van der Waals surface area contributed by atoms with Crippen LogP contribution in [0.25, 0.3) is 16.8 Å². The van der Waals surface area contributed by atoms with E-state index in [9.17, 15) is 9.59 Å². The predicted octanol–water partition coefficient (Wildman–Crippen LogP) is 5.08. The molecule has 0 saturated heterocycles. The number of esters is 1. The lowest BCUT2D eigenvalue weighted by atomic mass is 10.1. The molecule has 5 nitrogen and oxygen atoms in total. The molecule has 1 heterocycles. The Morgan fingerprint density at radius 1 is 0.900 bits per heavy atom. The first-order valence-corrected chi connectivity index (χ1v) is 9.64. The molecule has 0 fully saturated rings. The van der Waals surface area contributed by atoms with Gasteiger partial charge in [0.15, 0.2) is 0 Å². The summed E-state index contributed by atoms with van der Waals surface area (Å²) in [6.45, 7) is 1.72. The van der Waals surface area contributed by atoms with E-state index >= 15 is 0 Å². The number of ether oxygens (including phenoxy) is 1. The Balaban J connectivity index is 1.62. The van der Waals surface area contributed by atoms with Crippen LogP contribution in [-0.4, -0.2) is 15.7 Å². The molecule has 4 rings (SSSR count). The van der Waals surface area contributed by atoms with Crippen LogP contribution in [0.4, 0.5) is 0 Å². The molecule has 0 amide bonds. The van der Waals surface area contributed by atoms with Crippen LogP contribution in [0, 0.1) is 6.92 Å². The predicted molar refractivity (Wildman–Crippen MR) is 116 cm³/mol. The number of hydrogen-bond donors (Lipinski definition) is 0. The van der Waals surface area contributed by atoms with Gasteiger partial charge in [-0.1, -0.05) is 66.2 Å². The van der Waals surface area contributed by atoms with Gasteiger partial charge in [-0.3, -0.25) is 4.79 Å². The van der Waals surface area contributed by atoms with Gasteiger partial charge in [-0.2, -0.15) is 5.10 Å². The lowest BCUT2D eigenvalue weighted by Crippen LogP contribution is -2.25. The van der Waals surface area contributed by atoms with Crippen LogP contribution in [0.2, 0.25) is 5.02 Å². The van der Waals surface area contributed by atoms with Crippen LogP contribution >= 0.6 is 11.6 Å². The highest BCUT2D eigenvalue weighted by Gasteiger charge is 2.18. The molecule has 0 radical (unpaired) electrons. The molecule has 4 aromatic rings. The summed E-state index contributed by atoms with van der Waals surface area (Å²) in [4.78, 5) is 25.0. The third kappa shape index (κ3) is 4.02. The third-order valence-electron chi connectivity index (χ3n) is 4.55. The quantitative estimate of drug-likeness (QED) is 0.344. The van der Waals surface area contributed by atoms with Gasteiger partial charge in [-0.15, -0.1) is 0 Å². The molecule has 0 aliphatic carbocycles. The van der Waals surface area contributed by atoms with E-state index < -0.39 is 11.4 Å². The summed E-state index contributed by atoms with van der Waals surface area (Å²) in [7, 11) is 0. The molecule has 0 saturated carbocycles. The first kappa shape index (κ1) is 19.6. The summed E-state index contributed by atoms with van der Waals surface area (Å²) in [6.07, 6.45) is 0. The van der Waals surface area contributed by atoms with E-state index in [4.69, 9.17) is 16.3 Å². The minimum Gasteiger partial charge on any atom is -0.422 e. The molecule has 0 aliphatic heterocycles. The van der Waals surface area contributed by atoms with E-state index in [1.807, 2.05) is 42.5 Å². The van der Waals surface area contributed by atoms with Gasteiger partial charge < -0.3 is 4.74 Å². The molecule has 3 aromatic carbocycles. The third-order valence-corrected chi connectivity index (χ3v) is 4.87. The Morgan fingerprint density at radius 2 is 1.53 bits per heavy atom. The number of halogens is 1. The maximum Gasteiger partial charge on any atom is 0.368 e. The summed E-state index contributed by atoms with van der Waals surface area (Å²) in [5.74, 6) is -0.501. The highest BCUT2D eigenvalue weighted by Crippen LogP contribution is 2.23. The molecular weight excluding hydrogens is 400 g/mol. The fraction of sp³-hybridized carbons (Fsp3) is 0.0417. The number of benzene rings is 3. The number of carbonyl (C=O) groups is 1. The van der Waals surface area contributed by atoms with Crippen molar-refractivity contribution in [3.8, 4) is 22.6 Å². The van der Waals surface area contributed by atoms with Crippen molar-refractivity contribution in [3.63, 3.8) is 0 Å². The largest absolute Gasteiger partial charge is 0.422 e. The highest BCUT2D eigenvalue weighted by atomic mass is 35.5. The van der Waals surface area contributed by atoms with E-state index in [0.717, 1.165) is 11.1 Å². The first-order valence-electron chi connectivity index (χ1n) is 9.26. The van der Waals surface area contributed by atoms with Gasteiger partial charge in [-0.05, 0) is 42.3 Å². The van der Waals surface area contributed by atoms with E-state index in [0.29, 0.717) is 22.2 Å². The van der Waals surface area contributed by atoms with Crippen LogP contribution in [0.15, 0.2) is 89.7 Å². The molecule has 0 bridgehead atoms. The molecule has 0 aliphatic rings. The Bertz CT molecular complexity index is 1270. The van der Waals surface area contributed by atoms with Crippen molar-refractivity contribution in [1.29, 1.82) is 0 Å². The molecule has 0 atom stereocenters. The second-order valence-corrected chi connectivity index (χ2v) is 7.05. The monoisotopic (exact) mass is 416 g/mol. The van der Waals surface area contributed by atoms with E-state index in [1.165, 1.54) is 10.7 Å². The lowest BCUT2D eigenvalue weighted by molar-refractivity contribution is 0.0725. The van der Waals surface area contributed by atoms with Crippen LogP contribution in [0.1, 0.15) is 16.2 Å². The number of nitrogens with zero attached hydrogens (tertiary/aromatic N) is 2. The average molecular weight is 417 g/mol. The number of rotatable bonds is 4. The van der Waals surface area contributed by atoms with Gasteiger partial charge in [0.2, 0.25) is 11.1 Å². The fourth-order valence-corrected chi connectivity index (χ4v) is 3.27. The molecule has 6 heteroatoms. The van der Waals surface area contributed by atoms with Gasteiger partial charge in [0, 0.05) is 11.8 Å². The van der Waals surface area contributed by atoms with E-state index in [2.05, 4.69) is 5.10 Å². The molecule has 30 heavy (non-hydrogen) atoms. The first-order chi connectivity index (χ1) is 14.5. The van der Waals surface area contributed by atoms with Crippen molar-refractivity contribution in [2.75, 3.05) is 0 Å². The minimum atomic E-state index is -0.826. The van der Waals surface area contributed by atoms with Gasteiger partial charge in [0.25, 0.3) is 0 Å². The number of aryl methyl sites for hydroxylation is 1. The summed E-state index contributed by atoms with van der Waals surface area (Å²) >= 11 is 6.24. The average Bonchev–Trinajstić information content (AvgIpc) is 2.76. The Kier molecular flexibility index (Phi) is 5.46. The summed E-state index contributed by atoms with van der Waals surface area (Å²) in [5, 5.41) is 4.66. The van der Waals surface area contributed by atoms with Crippen molar-refractivity contribution < 1.29 is 9.53 Å². The van der Waals surface area contributed by atoms with Crippen LogP contribution in [0.5, 0.6) is 5.75 Å². The van der Waals surface area contributed by atoms with Crippen LogP contribution in [0.3, 0.4) is 0 Å². The van der Waals surface area contributed by atoms with Gasteiger partial charge in [0.05, 0.1) is 10.7 Å². The Morgan fingerprint density at radius 3 is 2.23 bits per heavy atom. The second-order valence-electron chi connectivity index (χ2n) is 6.64. The van der Waals surface area contributed by atoms with Crippen LogP contribution < -0.4 is 10.2 Å². The second kappa shape index (κ2) is 8.35. The zero-order valence-corrected chi connectivity index (χ0v) is 16.8. The van der Waals surface area contributed by atoms with E-state index in [1.54, 1.807) is 43.3 Å². The Hall–Kier alpha value is -3.70. The lowest BCUT2D eigenvalue weighted by Gasteiger charge is -2.12. The van der Waals surface area contributed by atoms with Gasteiger partial charge in [-0.25, -0.2) is 9.48 Å². The van der Waals surface area contributed by atoms with E-state index in [-0.39, 0.29) is 5.69 Å². The van der Waals surface area contributed by atoms with Crippen molar-refractivity contribution in [1.82, 2.24) is 9.78 Å². The zero-order chi connectivity index (χ0) is 21.1. The number of carbonyl (C=O) groups excluding carboxylic acids is 1. The van der Waals surface area contributed by atoms with Crippen molar-refractivity contribution in [3.05, 3.63) is 112 Å². The molecule has 0 N–H and O–H groups in total. The van der Waals surface area contributed by atoms with Crippen LogP contribution in [-0.2, 0) is 0 Å². The molecule has 0 unspecified atom stereocenters. The molecule has 148 valence electrons.